The van der Waals surface area contributed by atoms with Crippen LogP contribution in [-0.4, -0.2) is 23.4 Å². The average molecular weight is 494 g/mol. The second kappa shape index (κ2) is 8.53. The van der Waals surface area contributed by atoms with Gasteiger partial charge in [-0.1, -0.05) is 19.1 Å². The second-order valence-electron chi connectivity index (χ2n) is 7.75. The van der Waals surface area contributed by atoms with Crippen LogP contribution in [0.15, 0.2) is 41.4 Å². The largest absolute Gasteiger partial charge is 0.416 e. The van der Waals surface area contributed by atoms with E-state index in [0.717, 1.165) is 24.1 Å². The van der Waals surface area contributed by atoms with E-state index in [4.69, 9.17) is 5.73 Å². The van der Waals surface area contributed by atoms with Crippen LogP contribution in [0, 0.1) is 11.6 Å². The highest BCUT2D eigenvalue weighted by atomic mass is 19.4. The van der Waals surface area contributed by atoms with E-state index in [0.29, 0.717) is 18.2 Å². The number of nitrogens with one attached hydrogen (secondary N) is 1. The highest BCUT2D eigenvalue weighted by molar-refractivity contribution is 5.96. The van der Waals surface area contributed by atoms with Gasteiger partial charge < -0.3 is 5.73 Å². The Morgan fingerprint density at radius 2 is 1.53 bits per heavy atom. The molecule has 34 heavy (non-hydrogen) atoms. The van der Waals surface area contributed by atoms with E-state index in [1.54, 1.807) is 0 Å². The van der Waals surface area contributed by atoms with Gasteiger partial charge in [0.15, 0.2) is 5.54 Å². The van der Waals surface area contributed by atoms with Gasteiger partial charge in [-0.2, -0.15) is 26.3 Å². The van der Waals surface area contributed by atoms with Crippen LogP contribution < -0.4 is 11.2 Å². The third-order valence-corrected chi connectivity index (χ3v) is 5.63. The van der Waals surface area contributed by atoms with E-state index in [9.17, 15) is 39.9 Å². The van der Waals surface area contributed by atoms with Crippen molar-refractivity contribution in [1.29, 1.82) is 0 Å². The van der Waals surface area contributed by atoms with Crippen molar-refractivity contribution in [1.82, 2.24) is 10.4 Å². The highest BCUT2D eigenvalue weighted by Gasteiger charge is 2.47. The molecule has 184 valence electrons. The van der Waals surface area contributed by atoms with E-state index < -0.39 is 58.0 Å². The van der Waals surface area contributed by atoms with E-state index in [-0.39, 0.29) is 24.1 Å². The fraction of sp³-hybridized carbons (Fsp3) is 0.333. The zero-order valence-corrected chi connectivity index (χ0v) is 17.7. The minimum atomic E-state index is -4.84. The zero-order valence-electron chi connectivity index (χ0n) is 17.7. The molecule has 0 saturated carbocycles. The molecule has 13 heteroatoms. The topological polar surface area (TPSA) is 70.7 Å². The third kappa shape index (κ3) is 4.43. The smallest absolute Gasteiger partial charge is 0.367 e. The molecule has 1 heterocycles. The maximum absolute atomic E-state index is 14.8. The van der Waals surface area contributed by atoms with E-state index >= 15 is 0 Å². The third-order valence-electron chi connectivity index (χ3n) is 5.63. The van der Waals surface area contributed by atoms with E-state index in [1.807, 2.05) is 0 Å². The monoisotopic (exact) mass is 494 g/mol. The molecular weight excluding hydrogens is 476 g/mol. The number of hydrazine groups is 1. The molecule has 0 saturated heterocycles. The van der Waals surface area contributed by atoms with Crippen molar-refractivity contribution in [2.24, 2.45) is 10.7 Å². The van der Waals surface area contributed by atoms with Gasteiger partial charge in [-0.05, 0) is 36.8 Å². The van der Waals surface area contributed by atoms with Crippen LogP contribution in [0.25, 0.3) is 0 Å². The summed E-state index contributed by atoms with van der Waals surface area (Å²) in [6.45, 7) is 2.33. The number of nitrogens with two attached hydrogens (primary N) is 1. The molecule has 0 spiro atoms. The summed E-state index contributed by atoms with van der Waals surface area (Å²) in [7, 11) is 0. The van der Waals surface area contributed by atoms with Gasteiger partial charge in [0.25, 0.3) is 0 Å². The molecule has 5 nitrogen and oxygen atoms in total. The Morgan fingerprint density at radius 3 is 2.00 bits per heavy atom. The molecule has 1 aliphatic heterocycles. The van der Waals surface area contributed by atoms with Gasteiger partial charge in [0.2, 0.25) is 5.91 Å². The SMILES string of the molecule is CC(C1=NCNN1C(C)(C(N)=O)c1ccc(C(F)(F)F)cc1F)c1ccc(C(F)(F)F)cc1F. The number of aliphatic imine (C=N–C) groups is 1. The molecule has 2 unspecified atom stereocenters. The Kier molecular flexibility index (Phi) is 6.37. The molecule has 0 bridgehead atoms. The summed E-state index contributed by atoms with van der Waals surface area (Å²) in [6, 6.07) is 3.42. The molecular formula is C21H18F8N4O. The van der Waals surface area contributed by atoms with Crippen molar-refractivity contribution in [3.8, 4) is 0 Å². The summed E-state index contributed by atoms with van der Waals surface area (Å²) >= 11 is 0. The lowest BCUT2D eigenvalue weighted by atomic mass is 9.87. The standard InChI is InChI=1S/C21H18F8N4O/c1-10(13-5-3-11(7-15(13)22)20(24,25)26)17-31-9-32-33(17)19(2,18(30)34)14-6-4-12(8-16(14)23)21(27,28)29/h3-8,10,32H,9H2,1-2H3,(H2,30,34). The molecule has 3 N–H and O–H groups in total. The van der Waals surface area contributed by atoms with Crippen LogP contribution in [0.5, 0.6) is 0 Å². The number of amides is 1. The molecule has 0 fully saturated rings. The van der Waals surface area contributed by atoms with Crippen LogP contribution >= 0.6 is 0 Å². The Bertz CT molecular complexity index is 1140. The van der Waals surface area contributed by atoms with Gasteiger partial charge in [0.1, 0.15) is 24.1 Å². The number of primary amides is 1. The number of amidine groups is 1. The highest BCUT2D eigenvalue weighted by Crippen LogP contribution is 2.38. The number of halogens is 8. The predicted molar refractivity (Wildman–Crippen MR) is 105 cm³/mol. The van der Waals surface area contributed by atoms with Crippen molar-refractivity contribution in [2.45, 2.75) is 37.7 Å². The van der Waals surface area contributed by atoms with Crippen molar-refractivity contribution in [2.75, 3.05) is 6.67 Å². The first-order valence-corrected chi connectivity index (χ1v) is 9.70. The van der Waals surface area contributed by atoms with Crippen LogP contribution in [0.2, 0.25) is 0 Å². The molecule has 0 aromatic heterocycles. The Hall–Kier alpha value is -3.22. The Morgan fingerprint density at radius 1 is 1.00 bits per heavy atom. The number of rotatable bonds is 5. The van der Waals surface area contributed by atoms with Gasteiger partial charge in [-0.3, -0.25) is 14.8 Å². The fourth-order valence-electron chi connectivity index (χ4n) is 3.70. The van der Waals surface area contributed by atoms with Crippen molar-refractivity contribution in [3.63, 3.8) is 0 Å². The van der Waals surface area contributed by atoms with Crippen molar-refractivity contribution >= 4 is 11.7 Å². The lowest BCUT2D eigenvalue weighted by molar-refractivity contribution is -0.138. The lowest BCUT2D eigenvalue weighted by Gasteiger charge is -2.39. The quantitative estimate of drug-likeness (QED) is 0.593. The number of hydrogen-bond donors (Lipinski definition) is 2. The normalized spacial score (nSPS) is 17.4. The second-order valence-corrected chi connectivity index (χ2v) is 7.75. The summed E-state index contributed by atoms with van der Waals surface area (Å²) < 4.78 is 107. The average Bonchev–Trinajstić information content (AvgIpc) is 3.21. The lowest BCUT2D eigenvalue weighted by Crippen LogP contribution is -2.59. The minimum absolute atomic E-state index is 0.0840. The molecule has 0 aliphatic carbocycles. The first kappa shape index (κ1) is 25.4. The molecule has 2 atom stereocenters. The minimum Gasteiger partial charge on any atom is -0.367 e. The number of alkyl halides is 6. The molecule has 2 aromatic carbocycles. The van der Waals surface area contributed by atoms with Crippen molar-refractivity contribution in [3.05, 3.63) is 70.3 Å². The van der Waals surface area contributed by atoms with Gasteiger partial charge in [0.05, 0.1) is 11.1 Å². The molecule has 1 amide bonds. The fourth-order valence-corrected chi connectivity index (χ4v) is 3.70. The maximum Gasteiger partial charge on any atom is 0.416 e. The first-order valence-electron chi connectivity index (χ1n) is 9.70. The Balaban J connectivity index is 2.04. The molecule has 3 rings (SSSR count). The van der Waals surface area contributed by atoms with Crippen molar-refractivity contribution < 1.29 is 39.9 Å². The van der Waals surface area contributed by atoms with Crippen LogP contribution in [0.1, 0.15) is 42.0 Å². The molecule has 2 aromatic rings. The summed E-state index contributed by atoms with van der Waals surface area (Å²) in [5.74, 6) is -4.88. The van der Waals surface area contributed by atoms with Gasteiger partial charge in [-0.15, -0.1) is 0 Å². The number of nitrogens with zero attached hydrogens (tertiary/aromatic N) is 2. The summed E-state index contributed by atoms with van der Waals surface area (Å²) in [5.41, 5.74) is 2.80. The number of hydrogen-bond acceptors (Lipinski definition) is 4. The van der Waals surface area contributed by atoms with Crippen LogP contribution in [0.3, 0.4) is 0 Å². The number of carbonyl (C=O) groups excluding carboxylic acids is 1. The number of carbonyl (C=O) groups is 1. The van der Waals surface area contributed by atoms with Gasteiger partial charge in [0, 0.05) is 11.5 Å². The predicted octanol–water partition coefficient (Wildman–Crippen LogP) is 4.68. The van der Waals surface area contributed by atoms with Gasteiger partial charge in [-0.25, -0.2) is 14.2 Å². The zero-order chi connectivity index (χ0) is 25.6. The summed E-state index contributed by atoms with van der Waals surface area (Å²) in [5, 5.41) is 0.989. The summed E-state index contributed by atoms with van der Waals surface area (Å²) in [4.78, 5) is 16.6. The molecule has 0 radical (unpaired) electrons. The number of benzene rings is 2. The van der Waals surface area contributed by atoms with E-state index in [2.05, 4.69) is 10.4 Å². The maximum atomic E-state index is 14.8. The van der Waals surface area contributed by atoms with Crippen LogP contribution in [0.4, 0.5) is 35.1 Å². The molecule has 1 aliphatic rings. The Labute approximate surface area is 188 Å². The van der Waals surface area contributed by atoms with Crippen LogP contribution in [-0.2, 0) is 22.7 Å². The van der Waals surface area contributed by atoms with E-state index in [1.165, 1.54) is 6.92 Å². The van der Waals surface area contributed by atoms with Gasteiger partial charge >= 0.3 is 12.4 Å². The summed E-state index contributed by atoms with van der Waals surface area (Å²) in [6.07, 6.45) is -9.61. The first-order chi connectivity index (χ1) is 15.6.